The van der Waals surface area contributed by atoms with Gasteiger partial charge in [-0.2, -0.15) is 0 Å². The van der Waals surface area contributed by atoms with E-state index in [1.807, 2.05) is 0 Å². The van der Waals surface area contributed by atoms with Crippen LogP contribution >= 0.6 is 0 Å². The fourth-order valence-corrected chi connectivity index (χ4v) is 1.94. The average Bonchev–Trinajstić information content (AvgIpc) is 2.70. The van der Waals surface area contributed by atoms with Crippen LogP contribution in [0.1, 0.15) is 18.6 Å². The zero-order chi connectivity index (χ0) is 14.0. The fraction of sp³-hybridized carbons (Fsp3) is 0.583. The lowest BCUT2D eigenvalue weighted by molar-refractivity contribution is -0.144. The van der Waals surface area contributed by atoms with Crippen LogP contribution < -0.4 is 5.32 Å². The van der Waals surface area contributed by atoms with Crippen LogP contribution in [0.5, 0.6) is 0 Å². The van der Waals surface area contributed by atoms with Gasteiger partial charge >= 0.3 is 12.0 Å². The number of aromatic nitrogens is 1. The van der Waals surface area contributed by atoms with Gasteiger partial charge in [0.1, 0.15) is 5.76 Å². The van der Waals surface area contributed by atoms with Crippen molar-refractivity contribution in [2.24, 2.45) is 11.8 Å². The molecule has 1 atom stereocenters. The van der Waals surface area contributed by atoms with Gasteiger partial charge < -0.3 is 19.7 Å². The number of nitrogens with one attached hydrogen (secondary N) is 1. The lowest BCUT2D eigenvalue weighted by atomic mass is 9.87. The molecule has 1 unspecified atom stereocenters. The molecule has 1 aromatic rings. The van der Waals surface area contributed by atoms with Gasteiger partial charge in [-0.05, 0) is 6.92 Å². The molecule has 104 valence electrons. The predicted molar refractivity (Wildman–Crippen MR) is 65.3 cm³/mol. The zero-order valence-electron chi connectivity index (χ0n) is 10.9. The summed E-state index contributed by atoms with van der Waals surface area (Å²) in [4.78, 5) is 28.1. The smallest absolute Gasteiger partial charge is 0.317 e. The maximum absolute atomic E-state index is 11.7. The summed E-state index contributed by atoms with van der Waals surface area (Å²) in [6, 6.07) is -0.218. The quantitative estimate of drug-likeness (QED) is 0.843. The van der Waals surface area contributed by atoms with Gasteiger partial charge in [0.05, 0.1) is 18.7 Å². The van der Waals surface area contributed by atoms with Gasteiger partial charge in [-0.1, -0.05) is 6.92 Å². The summed E-state index contributed by atoms with van der Waals surface area (Å²) in [5.41, 5.74) is 0. The summed E-state index contributed by atoms with van der Waals surface area (Å²) in [5.74, 6) is -0.0450. The van der Waals surface area contributed by atoms with Crippen molar-refractivity contribution in [3.63, 3.8) is 0 Å². The van der Waals surface area contributed by atoms with Gasteiger partial charge in [-0.15, -0.1) is 0 Å². The first kappa shape index (κ1) is 13.4. The van der Waals surface area contributed by atoms with Gasteiger partial charge in [0.15, 0.2) is 0 Å². The number of oxazole rings is 1. The number of nitrogens with zero attached hydrogens (tertiary/aromatic N) is 2. The minimum atomic E-state index is -0.819. The number of rotatable bonds is 4. The molecule has 1 saturated heterocycles. The standard InChI is InChI=1S/C12H17N3O4/c1-7-3-13-10(19-7)4-14-12(18)15-5-9(6-15)8(2)11(16)17/h3,8-9H,4-6H2,1-2H3,(H,14,18)(H,16,17). The Bertz CT molecular complexity index is 479. The van der Waals surface area contributed by atoms with E-state index in [1.54, 1.807) is 24.9 Å². The Morgan fingerprint density at radius 3 is 2.84 bits per heavy atom. The largest absolute Gasteiger partial charge is 0.481 e. The average molecular weight is 267 g/mol. The van der Waals surface area contributed by atoms with Gasteiger partial charge in [-0.3, -0.25) is 4.79 Å². The van der Waals surface area contributed by atoms with Gasteiger partial charge in [0, 0.05) is 19.0 Å². The number of hydrogen-bond donors (Lipinski definition) is 2. The van der Waals surface area contributed by atoms with Crippen molar-refractivity contribution < 1.29 is 19.1 Å². The number of carbonyl (C=O) groups is 2. The van der Waals surface area contributed by atoms with Crippen molar-refractivity contribution in [3.8, 4) is 0 Å². The first-order valence-corrected chi connectivity index (χ1v) is 6.14. The molecule has 2 rings (SSSR count). The lowest BCUT2D eigenvalue weighted by Gasteiger charge is -2.40. The number of amides is 2. The molecular formula is C12H17N3O4. The SMILES string of the molecule is Cc1cnc(CNC(=O)N2CC(C(C)C(=O)O)C2)o1. The van der Waals surface area contributed by atoms with Crippen molar-refractivity contribution >= 4 is 12.0 Å². The van der Waals surface area contributed by atoms with Crippen molar-refractivity contribution in [2.45, 2.75) is 20.4 Å². The highest BCUT2D eigenvalue weighted by Crippen LogP contribution is 2.23. The normalized spacial score (nSPS) is 16.8. The van der Waals surface area contributed by atoms with E-state index in [-0.39, 0.29) is 18.5 Å². The Balaban J connectivity index is 1.73. The fourth-order valence-electron chi connectivity index (χ4n) is 1.94. The van der Waals surface area contributed by atoms with Crippen LogP contribution in [-0.4, -0.2) is 40.1 Å². The second-order valence-corrected chi connectivity index (χ2v) is 4.82. The monoisotopic (exact) mass is 267 g/mol. The summed E-state index contributed by atoms with van der Waals surface area (Å²) >= 11 is 0. The third-order valence-electron chi connectivity index (χ3n) is 3.35. The molecule has 2 N–H and O–H groups in total. The number of aliphatic carboxylic acids is 1. The molecule has 0 bridgehead atoms. The maximum atomic E-state index is 11.7. The van der Waals surface area contributed by atoms with E-state index in [2.05, 4.69) is 10.3 Å². The van der Waals surface area contributed by atoms with Crippen LogP contribution in [0.3, 0.4) is 0 Å². The van der Waals surface area contributed by atoms with E-state index in [0.29, 0.717) is 24.7 Å². The van der Waals surface area contributed by atoms with Crippen LogP contribution in [0.25, 0.3) is 0 Å². The molecule has 2 heterocycles. The minimum Gasteiger partial charge on any atom is -0.481 e. The van der Waals surface area contributed by atoms with Crippen molar-refractivity contribution in [1.82, 2.24) is 15.2 Å². The molecule has 7 heteroatoms. The number of likely N-dealkylation sites (tertiary alicyclic amines) is 1. The molecule has 1 aromatic heterocycles. The van der Waals surface area contributed by atoms with E-state index < -0.39 is 11.9 Å². The molecule has 19 heavy (non-hydrogen) atoms. The second kappa shape index (κ2) is 5.29. The Morgan fingerprint density at radius 1 is 1.63 bits per heavy atom. The summed E-state index contributed by atoms with van der Waals surface area (Å²) in [6.45, 7) is 4.64. The van der Waals surface area contributed by atoms with Gasteiger partial charge in [0.25, 0.3) is 0 Å². The molecule has 7 nitrogen and oxygen atoms in total. The maximum Gasteiger partial charge on any atom is 0.317 e. The van der Waals surface area contributed by atoms with E-state index in [4.69, 9.17) is 9.52 Å². The van der Waals surface area contributed by atoms with Crippen LogP contribution in [0.15, 0.2) is 10.6 Å². The van der Waals surface area contributed by atoms with Crippen molar-refractivity contribution in [3.05, 3.63) is 17.8 Å². The number of aryl methyl sites for hydroxylation is 1. The van der Waals surface area contributed by atoms with Crippen LogP contribution in [0.2, 0.25) is 0 Å². The Kier molecular flexibility index (Phi) is 3.73. The molecule has 0 aliphatic carbocycles. The number of carbonyl (C=O) groups excluding carboxylic acids is 1. The molecular weight excluding hydrogens is 250 g/mol. The predicted octanol–water partition coefficient (Wildman–Crippen LogP) is 0.845. The molecule has 2 amide bonds. The molecule has 0 spiro atoms. The molecule has 0 aromatic carbocycles. The van der Waals surface area contributed by atoms with E-state index in [9.17, 15) is 9.59 Å². The summed E-state index contributed by atoms with van der Waals surface area (Å²) < 4.78 is 5.23. The highest BCUT2D eigenvalue weighted by atomic mass is 16.4. The zero-order valence-corrected chi connectivity index (χ0v) is 10.9. The molecule has 1 aliphatic rings. The van der Waals surface area contributed by atoms with Crippen LogP contribution in [0.4, 0.5) is 4.79 Å². The molecule has 0 saturated carbocycles. The molecule has 0 radical (unpaired) electrons. The van der Waals surface area contributed by atoms with Crippen molar-refractivity contribution in [1.29, 1.82) is 0 Å². The van der Waals surface area contributed by atoms with Gasteiger partial charge in [-0.25, -0.2) is 9.78 Å². The van der Waals surface area contributed by atoms with E-state index in [0.717, 1.165) is 0 Å². The van der Waals surface area contributed by atoms with Gasteiger partial charge in [0.2, 0.25) is 5.89 Å². The number of carboxylic acid groups (broad SMARTS) is 1. The third kappa shape index (κ3) is 3.04. The summed E-state index contributed by atoms with van der Waals surface area (Å²) in [7, 11) is 0. The van der Waals surface area contributed by atoms with E-state index >= 15 is 0 Å². The first-order chi connectivity index (χ1) is 8.97. The van der Waals surface area contributed by atoms with Crippen LogP contribution in [-0.2, 0) is 11.3 Å². The Labute approximate surface area is 110 Å². The first-order valence-electron chi connectivity index (χ1n) is 6.14. The lowest BCUT2D eigenvalue weighted by Crippen LogP contribution is -2.56. The third-order valence-corrected chi connectivity index (χ3v) is 3.35. The van der Waals surface area contributed by atoms with E-state index in [1.165, 1.54) is 0 Å². The van der Waals surface area contributed by atoms with Crippen molar-refractivity contribution in [2.75, 3.05) is 13.1 Å². The highest BCUT2D eigenvalue weighted by molar-refractivity contribution is 5.76. The topological polar surface area (TPSA) is 95.7 Å². The molecule has 1 aliphatic heterocycles. The van der Waals surface area contributed by atoms with Crippen LogP contribution in [0, 0.1) is 18.8 Å². The minimum absolute atomic E-state index is 0.0345. The highest BCUT2D eigenvalue weighted by Gasteiger charge is 2.37. The number of hydrogen-bond acceptors (Lipinski definition) is 4. The summed E-state index contributed by atoms with van der Waals surface area (Å²) in [6.07, 6.45) is 1.59. The molecule has 1 fully saturated rings. The number of urea groups is 1. The Morgan fingerprint density at radius 2 is 2.32 bits per heavy atom. The summed E-state index contributed by atoms with van der Waals surface area (Å²) in [5, 5.41) is 11.5. The second-order valence-electron chi connectivity index (χ2n) is 4.82. The Hall–Kier alpha value is -2.05. The number of carboxylic acids is 1.